The Bertz CT molecular complexity index is 1390. The molecular formula is C25H25FN2O4S. The van der Waals surface area contributed by atoms with Gasteiger partial charge in [-0.1, -0.05) is 19.1 Å². The van der Waals surface area contributed by atoms with E-state index in [0.29, 0.717) is 22.4 Å². The zero-order valence-electron chi connectivity index (χ0n) is 18.7. The molecule has 0 amide bonds. The third kappa shape index (κ3) is 4.67. The number of nitrogens with zero attached hydrogens (tertiary/aromatic N) is 2. The number of hydrogen-bond donors (Lipinski definition) is 0. The van der Waals surface area contributed by atoms with Crippen molar-refractivity contribution < 1.29 is 17.5 Å². The van der Waals surface area contributed by atoms with E-state index in [1.165, 1.54) is 16.7 Å². The molecule has 1 aromatic heterocycles. The average molecular weight is 469 g/mol. The summed E-state index contributed by atoms with van der Waals surface area (Å²) in [5.41, 5.74) is 4.85. The summed E-state index contributed by atoms with van der Waals surface area (Å²) in [6.07, 6.45) is 1.75. The van der Waals surface area contributed by atoms with Crippen molar-refractivity contribution in [3.63, 3.8) is 0 Å². The summed E-state index contributed by atoms with van der Waals surface area (Å²) in [6, 6.07) is 12.6. The highest BCUT2D eigenvalue weighted by atomic mass is 32.2. The highest BCUT2D eigenvalue weighted by Gasteiger charge is 2.26. The molecule has 1 aliphatic heterocycles. The van der Waals surface area contributed by atoms with Crippen molar-refractivity contribution in [2.24, 2.45) is 12.0 Å². The van der Waals surface area contributed by atoms with Gasteiger partial charge in [-0.3, -0.25) is 9.79 Å². The maximum absolute atomic E-state index is 13.6. The summed E-state index contributed by atoms with van der Waals surface area (Å²) in [7, 11) is 0.00386. The van der Waals surface area contributed by atoms with Crippen molar-refractivity contribution in [2.75, 3.05) is 19.5 Å². The normalized spacial score (nSPS) is 15.4. The van der Waals surface area contributed by atoms with Crippen LogP contribution in [0.3, 0.4) is 0 Å². The lowest BCUT2D eigenvalue weighted by Gasteiger charge is -2.16. The predicted octanol–water partition coefficient (Wildman–Crippen LogP) is 3.66. The second-order valence-corrected chi connectivity index (χ2v) is 10.5. The third-order valence-electron chi connectivity index (χ3n) is 5.80. The summed E-state index contributed by atoms with van der Waals surface area (Å²) in [4.78, 5) is 17.4. The minimum absolute atomic E-state index is 0.0490. The molecule has 4 rings (SSSR count). The Kier molecular flexibility index (Phi) is 6.32. The Morgan fingerprint density at radius 1 is 1.06 bits per heavy atom. The van der Waals surface area contributed by atoms with Crippen molar-refractivity contribution in [1.29, 1.82) is 0 Å². The van der Waals surface area contributed by atoms with Crippen LogP contribution in [0.25, 0.3) is 11.1 Å². The van der Waals surface area contributed by atoms with Gasteiger partial charge >= 0.3 is 0 Å². The monoisotopic (exact) mass is 468 g/mol. The number of ether oxygens (including phenoxy) is 1. The minimum atomic E-state index is -3.24. The largest absolute Gasteiger partial charge is 0.382 e. The smallest absolute Gasteiger partial charge is 0.250 e. The molecule has 0 saturated heterocycles. The van der Waals surface area contributed by atoms with Gasteiger partial charge in [0.05, 0.1) is 24.1 Å². The molecule has 0 saturated carbocycles. The van der Waals surface area contributed by atoms with Gasteiger partial charge in [-0.25, -0.2) is 12.8 Å². The highest BCUT2D eigenvalue weighted by molar-refractivity contribution is 7.90. The third-order valence-corrected chi connectivity index (χ3v) is 7.45. The Hall–Kier alpha value is -3.10. The van der Waals surface area contributed by atoms with Gasteiger partial charge in [0.2, 0.25) is 0 Å². The van der Waals surface area contributed by atoms with E-state index < -0.39 is 15.9 Å². The van der Waals surface area contributed by atoms with Crippen LogP contribution >= 0.6 is 0 Å². The van der Waals surface area contributed by atoms with E-state index in [2.05, 4.69) is 0 Å². The molecule has 0 aliphatic carbocycles. The Labute approximate surface area is 192 Å². The van der Waals surface area contributed by atoms with Gasteiger partial charge in [-0.05, 0) is 47.0 Å². The first-order chi connectivity index (χ1) is 15.7. The first kappa shape index (κ1) is 23.1. The Morgan fingerprint density at radius 2 is 1.79 bits per heavy atom. The minimum Gasteiger partial charge on any atom is -0.382 e. The first-order valence-corrected chi connectivity index (χ1v) is 12.4. The molecule has 0 spiro atoms. The average Bonchev–Trinajstić information content (AvgIpc) is 2.90. The van der Waals surface area contributed by atoms with Crippen LogP contribution < -0.4 is 5.56 Å². The molecule has 1 unspecified atom stereocenters. The lowest BCUT2D eigenvalue weighted by molar-refractivity contribution is 0.182. The van der Waals surface area contributed by atoms with Gasteiger partial charge in [0.1, 0.15) is 5.82 Å². The summed E-state index contributed by atoms with van der Waals surface area (Å²) in [5, 5.41) is 0. The number of hydrogen-bond acceptors (Lipinski definition) is 5. The van der Waals surface area contributed by atoms with Crippen LogP contribution in [-0.4, -0.2) is 38.2 Å². The molecule has 1 aliphatic rings. The van der Waals surface area contributed by atoms with E-state index >= 15 is 0 Å². The Morgan fingerprint density at radius 3 is 2.45 bits per heavy atom. The lowest BCUT2D eigenvalue weighted by atomic mass is 9.91. The van der Waals surface area contributed by atoms with Gasteiger partial charge in [0.15, 0.2) is 9.84 Å². The van der Waals surface area contributed by atoms with Gasteiger partial charge < -0.3 is 9.30 Å². The van der Waals surface area contributed by atoms with Crippen molar-refractivity contribution in [2.45, 2.75) is 18.7 Å². The van der Waals surface area contributed by atoms with Gasteiger partial charge in [0, 0.05) is 48.9 Å². The number of aromatic nitrogens is 1. The van der Waals surface area contributed by atoms with Crippen LogP contribution in [-0.2, 0) is 27.4 Å². The van der Waals surface area contributed by atoms with E-state index in [0.717, 1.165) is 16.7 Å². The van der Waals surface area contributed by atoms with Crippen LogP contribution in [0.15, 0.2) is 64.5 Å². The maximum Gasteiger partial charge on any atom is 0.250 e. The van der Waals surface area contributed by atoms with Crippen molar-refractivity contribution in [3.8, 4) is 11.1 Å². The zero-order valence-corrected chi connectivity index (χ0v) is 19.5. The Balaban J connectivity index is 2.02. The van der Waals surface area contributed by atoms with E-state index in [-0.39, 0.29) is 29.5 Å². The molecule has 3 aromatic rings. The summed E-state index contributed by atoms with van der Waals surface area (Å²) >= 11 is 0. The standard InChI is InChI=1S/C25H25FN2O4S/c1-4-33(30,31)15-16-5-10-19-20(11-16)22-13-28(2)24(29)12-21(22)23(14-32-3)27-25(19)17-6-8-18(26)9-7-17/h5-13,23H,4,14-15H2,1-3H3. The van der Waals surface area contributed by atoms with E-state index in [9.17, 15) is 17.6 Å². The van der Waals surface area contributed by atoms with E-state index in [1.54, 1.807) is 51.5 Å². The molecule has 8 heteroatoms. The quantitative estimate of drug-likeness (QED) is 0.553. The van der Waals surface area contributed by atoms with Crippen LogP contribution in [0.4, 0.5) is 4.39 Å². The molecule has 0 fully saturated rings. The fraction of sp³-hybridized carbons (Fsp3) is 0.280. The fourth-order valence-electron chi connectivity index (χ4n) is 4.03. The molecule has 0 radical (unpaired) electrons. The van der Waals surface area contributed by atoms with Crippen molar-refractivity contribution in [1.82, 2.24) is 4.57 Å². The molecular weight excluding hydrogens is 443 g/mol. The molecule has 6 nitrogen and oxygen atoms in total. The van der Waals surface area contributed by atoms with Crippen LogP contribution in [0.2, 0.25) is 0 Å². The van der Waals surface area contributed by atoms with Gasteiger partial charge in [0.25, 0.3) is 5.56 Å². The summed E-state index contributed by atoms with van der Waals surface area (Å²) in [6.45, 7) is 1.87. The molecule has 0 bridgehead atoms. The number of sulfone groups is 1. The molecule has 2 heterocycles. The second kappa shape index (κ2) is 9.03. The summed E-state index contributed by atoms with van der Waals surface area (Å²) < 4.78 is 45.1. The number of fused-ring (bicyclic) bond motifs is 3. The second-order valence-electron chi connectivity index (χ2n) is 8.10. The van der Waals surface area contributed by atoms with E-state index in [1.807, 2.05) is 12.1 Å². The number of benzene rings is 2. The molecule has 0 N–H and O–H groups in total. The number of pyridine rings is 1. The zero-order chi connectivity index (χ0) is 23.8. The first-order valence-electron chi connectivity index (χ1n) is 10.6. The molecule has 2 aromatic carbocycles. The molecule has 172 valence electrons. The van der Waals surface area contributed by atoms with E-state index in [4.69, 9.17) is 9.73 Å². The SMILES string of the molecule is CCS(=O)(=O)Cc1ccc2c(c1)-c1cn(C)c(=O)cc1C(COC)N=C2c1ccc(F)cc1. The predicted molar refractivity (Wildman–Crippen MR) is 127 cm³/mol. The van der Waals surface area contributed by atoms with Crippen LogP contribution in [0.5, 0.6) is 0 Å². The number of aryl methyl sites for hydroxylation is 1. The van der Waals surface area contributed by atoms with Gasteiger partial charge in [-0.15, -0.1) is 0 Å². The number of methoxy groups -OCH3 is 1. The molecule has 33 heavy (non-hydrogen) atoms. The highest BCUT2D eigenvalue weighted by Crippen LogP contribution is 2.37. The van der Waals surface area contributed by atoms with Crippen LogP contribution in [0.1, 0.15) is 35.2 Å². The lowest BCUT2D eigenvalue weighted by Crippen LogP contribution is -2.18. The van der Waals surface area contributed by atoms with Crippen molar-refractivity contribution >= 4 is 15.5 Å². The fourth-order valence-corrected chi connectivity index (χ4v) is 4.92. The molecule has 1 atom stereocenters. The number of rotatable bonds is 6. The summed E-state index contributed by atoms with van der Waals surface area (Å²) in [5.74, 6) is -0.386. The van der Waals surface area contributed by atoms with Gasteiger partial charge in [-0.2, -0.15) is 0 Å². The topological polar surface area (TPSA) is 77.7 Å². The number of aliphatic imine (C=N–C) groups is 1. The van der Waals surface area contributed by atoms with Crippen molar-refractivity contribution in [3.05, 3.63) is 93.2 Å². The van der Waals surface area contributed by atoms with Crippen LogP contribution in [0, 0.1) is 5.82 Å². The number of halogens is 1. The maximum atomic E-state index is 13.6.